The Morgan fingerprint density at radius 3 is 2.75 bits per heavy atom. The molecule has 0 radical (unpaired) electrons. The van der Waals surface area contributed by atoms with E-state index < -0.39 is 4.92 Å². The average Bonchev–Trinajstić information content (AvgIpc) is 2.32. The molecule has 0 saturated heterocycles. The Labute approximate surface area is 117 Å². The van der Waals surface area contributed by atoms with Crippen LogP contribution < -0.4 is 10.1 Å². The highest BCUT2D eigenvalue weighted by Gasteiger charge is 2.26. The van der Waals surface area contributed by atoms with E-state index in [2.05, 4.69) is 5.32 Å². The van der Waals surface area contributed by atoms with E-state index in [-0.39, 0.29) is 23.6 Å². The quantitative estimate of drug-likeness (QED) is 0.618. The summed E-state index contributed by atoms with van der Waals surface area (Å²) in [4.78, 5) is 10.5. The maximum Gasteiger partial charge on any atom is 0.311 e. The number of nitrogens with one attached hydrogen (secondary N) is 1. The van der Waals surface area contributed by atoms with E-state index >= 15 is 0 Å². The Kier molecular flexibility index (Phi) is 4.44. The minimum absolute atomic E-state index is 0.0247. The molecule has 1 aliphatic carbocycles. The summed E-state index contributed by atoms with van der Waals surface area (Å²) in [5.41, 5.74) is 0.774. The van der Waals surface area contributed by atoms with Gasteiger partial charge in [0.15, 0.2) is 5.75 Å². The highest BCUT2D eigenvalue weighted by atomic mass is 16.6. The fourth-order valence-corrected chi connectivity index (χ4v) is 2.25. The van der Waals surface area contributed by atoms with Gasteiger partial charge in [0.1, 0.15) is 0 Å². The number of nitro groups is 1. The van der Waals surface area contributed by atoms with Crippen LogP contribution in [0.5, 0.6) is 5.75 Å². The van der Waals surface area contributed by atoms with Gasteiger partial charge in [-0.05, 0) is 38.7 Å². The maximum absolute atomic E-state index is 10.9. The minimum Gasteiger partial charge on any atom is -0.484 e. The second-order valence-corrected chi connectivity index (χ2v) is 5.48. The number of aliphatic hydroxyl groups is 1. The van der Waals surface area contributed by atoms with Crippen molar-refractivity contribution in [3.05, 3.63) is 28.3 Å². The van der Waals surface area contributed by atoms with Gasteiger partial charge in [-0.15, -0.1) is 0 Å². The van der Waals surface area contributed by atoms with Crippen LogP contribution >= 0.6 is 0 Å². The van der Waals surface area contributed by atoms with Crippen LogP contribution in [0.3, 0.4) is 0 Å². The molecule has 20 heavy (non-hydrogen) atoms. The Morgan fingerprint density at radius 2 is 2.20 bits per heavy atom. The number of aliphatic hydroxyl groups excluding tert-OH is 1. The lowest BCUT2D eigenvalue weighted by molar-refractivity contribution is -0.386. The van der Waals surface area contributed by atoms with Gasteiger partial charge in [-0.1, -0.05) is 0 Å². The molecule has 1 aromatic rings. The van der Waals surface area contributed by atoms with Crippen LogP contribution in [0, 0.1) is 16.0 Å². The lowest BCUT2D eigenvalue weighted by atomic mass is 9.82. The molecule has 2 N–H and O–H groups in total. The number of nitrogens with zero attached hydrogens (tertiary/aromatic N) is 1. The normalized spacial score (nSPS) is 21.4. The van der Waals surface area contributed by atoms with Crippen LogP contribution in [0.25, 0.3) is 0 Å². The molecule has 6 heteroatoms. The summed E-state index contributed by atoms with van der Waals surface area (Å²) in [7, 11) is 0. The molecule has 110 valence electrons. The summed E-state index contributed by atoms with van der Waals surface area (Å²) in [6.45, 7) is 4.43. The molecule has 0 atom stereocenters. The summed E-state index contributed by atoms with van der Waals surface area (Å²) in [5.74, 6) is 0.748. The van der Waals surface area contributed by atoms with Crippen molar-refractivity contribution in [2.75, 3.05) is 11.9 Å². The smallest absolute Gasteiger partial charge is 0.311 e. The number of hydrogen-bond acceptors (Lipinski definition) is 5. The van der Waals surface area contributed by atoms with Crippen molar-refractivity contribution in [1.82, 2.24) is 0 Å². The predicted octanol–water partition coefficient (Wildman–Crippen LogP) is 2.56. The number of hydrogen-bond donors (Lipinski definition) is 2. The molecule has 1 saturated carbocycles. The van der Waals surface area contributed by atoms with Crippen LogP contribution in [0.15, 0.2) is 18.2 Å². The lowest BCUT2D eigenvalue weighted by Crippen LogP contribution is -2.33. The second kappa shape index (κ2) is 6.09. The lowest BCUT2D eigenvalue weighted by Gasteiger charge is -2.31. The van der Waals surface area contributed by atoms with Crippen molar-refractivity contribution in [3.63, 3.8) is 0 Å². The van der Waals surface area contributed by atoms with E-state index in [0.717, 1.165) is 25.1 Å². The van der Waals surface area contributed by atoms with Gasteiger partial charge in [-0.25, -0.2) is 0 Å². The molecule has 0 bridgehead atoms. The van der Waals surface area contributed by atoms with Crippen LogP contribution in [-0.4, -0.2) is 28.8 Å². The van der Waals surface area contributed by atoms with Crippen molar-refractivity contribution < 1.29 is 14.8 Å². The van der Waals surface area contributed by atoms with Gasteiger partial charge in [0.2, 0.25) is 0 Å². The van der Waals surface area contributed by atoms with E-state index in [1.54, 1.807) is 12.1 Å². The zero-order valence-corrected chi connectivity index (χ0v) is 11.7. The fraction of sp³-hybridized carbons (Fsp3) is 0.571. The van der Waals surface area contributed by atoms with E-state index in [1.807, 2.05) is 13.8 Å². The highest BCUT2D eigenvalue weighted by Crippen LogP contribution is 2.32. The summed E-state index contributed by atoms with van der Waals surface area (Å²) in [6, 6.07) is 4.79. The molecule has 1 fully saturated rings. The molecule has 0 aromatic heterocycles. The van der Waals surface area contributed by atoms with Gasteiger partial charge in [-0.3, -0.25) is 10.1 Å². The van der Waals surface area contributed by atoms with E-state index in [1.165, 1.54) is 6.07 Å². The summed E-state index contributed by atoms with van der Waals surface area (Å²) >= 11 is 0. The monoisotopic (exact) mass is 280 g/mol. The van der Waals surface area contributed by atoms with Crippen molar-refractivity contribution in [2.45, 2.75) is 38.9 Å². The van der Waals surface area contributed by atoms with Gasteiger partial charge in [0.05, 0.1) is 17.1 Å². The van der Waals surface area contributed by atoms with Gasteiger partial charge < -0.3 is 15.2 Å². The molecule has 0 heterocycles. The standard InChI is InChI=1S/C14H20N2O4/c1-9(2)20-14-7-11(3-4-13(14)16(18)19)15-8-10-5-12(17)6-10/h3-4,7,9-10,12,15,17H,5-6,8H2,1-2H3. The topological polar surface area (TPSA) is 84.6 Å². The van der Waals surface area contributed by atoms with Crippen molar-refractivity contribution >= 4 is 11.4 Å². The Balaban J connectivity index is 2.04. The predicted molar refractivity (Wildman–Crippen MR) is 76.1 cm³/mol. The average molecular weight is 280 g/mol. The Morgan fingerprint density at radius 1 is 1.50 bits per heavy atom. The van der Waals surface area contributed by atoms with Crippen molar-refractivity contribution in [1.29, 1.82) is 0 Å². The van der Waals surface area contributed by atoms with E-state index in [4.69, 9.17) is 4.74 Å². The van der Waals surface area contributed by atoms with Crippen LogP contribution in [-0.2, 0) is 0 Å². The van der Waals surface area contributed by atoms with Gasteiger partial charge >= 0.3 is 5.69 Å². The van der Waals surface area contributed by atoms with Crippen LogP contribution in [0.4, 0.5) is 11.4 Å². The third-order valence-corrected chi connectivity index (χ3v) is 3.32. The van der Waals surface area contributed by atoms with Gasteiger partial charge in [0.25, 0.3) is 0 Å². The van der Waals surface area contributed by atoms with Crippen LogP contribution in [0.1, 0.15) is 26.7 Å². The fourth-order valence-electron chi connectivity index (χ4n) is 2.25. The first-order valence-electron chi connectivity index (χ1n) is 6.82. The molecule has 0 amide bonds. The summed E-state index contributed by atoms with van der Waals surface area (Å²) < 4.78 is 5.49. The summed E-state index contributed by atoms with van der Waals surface area (Å²) in [5, 5.41) is 23.4. The van der Waals surface area contributed by atoms with E-state index in [0.29, 0.717) is 5.92 Å². The SMILES string of the molecule is CC(C)Oc1cc(NCC2CC(O)C2)ccc1[N+](=O)[O-]. The Bertz CT molecular complexity index is 484. The third-order valence-electron chi connectivity index (χ3n) is 3.32. The third kappa shape index (κ3) is 3.60. The highest BCUT2D eigenvalue weighted by molar-refractivity contribution is 5.58. The molecule has 0 unspecified atom stereocenters. The molecule has 0 aliphatic heterocycles. The second-order valence-electron chi connectivity index (χ2n) is 5.48. The zero-order chi connectivity index (χ0) is 14.7. The van der Waals surface area contributed by atoms with Crippen molar-refractivity contribution in [3.8, 4) is 5.75 Å². The molecule has 1 aliphatic rings. The number of rotatable bonds is 6. The first-order chi connectivity index (χ1) is 9.45. The Hall–Kier alpha value is -1.82. The van der Waals surface area contributed by atoms with Gasteiger partial charge in [0, 0.05) is 24.4 Å². The van der Waals surface area contributed by atoms with Gasteiger partial charge in [-0.2, -0.15) is 0 Å². The maximum atomic E-state index is 10.9. The van der Waals surface area contributed by atoms with Crippen LogP contribution in [0.2, 0.25) is 0 Å². The number of ether oxygens (including phenoxy) is 1. The van der Waals surface area contributed by atoms with E-state index in [9.17, 15) is 15.2 Å². The van der Waals surface area contributed by atoms with Crippen molar-refractivity contribution in [2.24, 2.45) is 5.92 Å². The zero-order valence-electron chi connectivity index (χ0n) is 11.7. The number of benzene rings is 1. The minimum atomic E-state index is -0.441. The summed E-state index contributed by atoms with van der Waals surface area (Å²) in [6.07, 6.45) is 1.34. The number of anilines is 1. The number of nitro benzene ring substituents is 1. The molecule has 6 nitrogen and oxygen atoms in total. The first-order valence-corrected chi connectivity index (χ1v) is 6.82. The first kappa shape index (κ1) is 14.6. The molecular weight excluding hydrogens is 260 g/mol. The molecule has 1 aromatic carbocycles. The largest absolute Gasteiger partial charge is 0.484 e. The molecular formula is C14H20N2O4. The molecule has 0 spiro atoms. The molecule has 2 rings (SSSR count).